The number of aliphatic hydroxyl groups is 1. The summed E-state index contributed by atoms with van der Waals surface area (Å²) in [5.41, 5.74) is 2.53. The Hall–Kier alpha value is -2.85. The highest BCUT2D eigenvalue weighted by molar-refractivity contribution is 5.76. The van der Waals surface area contributed by atoms with Gasteiger partial charge in [-0.3, -0.25) is 9.59 Å². The van der Waals surface area contributed by atoms with Crippen LogP contribution in [0.15, 0.2) is 24.3 Å². The van der Waals surface area contributed by atoms with Gasteiger partial charge in [-0.05, 0) is 46.7 Å². The number of benzene rings is 1. The number of aliphatic hydroxyl groups excluding tert-OH is 1. The first-order chi connectivity index (χ1) is 15.8. The number of nitrogens with one attached hydrogen (secondary N) is 1. The smallest absolute Gasteiger partial charge is 0.306 e. The van der Waals surface area contributed by atoms with E-state index in [-0.39, 0.29) is 24.9 Å². The van der Waals surface area contributed by atoms with Crippen molar-refractivity contribution in [3.8, 4) is 0 Å². The minimum Gasteiger partial charge on any atom is -0.481 e. The minimum absolute atomic E-state index is 0.130. The molecule has 2 unspecified atom stereocenters. The van der Waals surface area contributed by atoms with E-state index >= 15 is 0 Å². The number of carbonyl (C=O) groups excluding carboxylic acids is 1. The number of tetrazole rings is 1. The fourth-order valence-electron chi connectivity index (χ4n) is 4.17. The molecule has 1 aromatic carbocycles. The number of hydrogen-bond donors (Lipinski definition) is 3. The second-order valence-corrected chi connectivity index (χ2v) is 9.04. The van der Waals surface area contributed by atoms with Gasteiger partial charge in [0.25, 0.3) is 0 Å². The van der Waals surface area contributed by atoms with Crippen molar-refractivity contribution < 1.29 is 19.8 Å². The molecule has 3 rings (SSSR count). The number of fused-ring (bicyclic) bond motifs is 1. The second-order valence-electron chi connectivity index (χ2n) is 9.04. The number of rotatable bonds is 12. The number of carboxylic acid groups (broad SMARTS) is 1. The van der Waals surface area contributed by atoms with Gasteiger partial charge < -0.3 is 20.4 Å². The summed E-state index contributed by atoms with van der Waals surface area (Å²) in [6.45, 7) is 6.19. The number of hydrogen-bond acceptors (Lipinski definition) is 7. The maximum absolute atomic E-state index is 12.7. The number of aromatic nitrogens is 4. The summed E-state index contributed by atoms with van der Waals surface area (Å²) in [4.78, 5) is 25.5. The Balaban J connectivity index is 1.54. The third-order valence-electron chi connectivity index (χ3n) is 5.83. The molecule has 10 heteroatoms. The standard InChI is InChI=1S/C23H34N6O4/c1-16(2)12-20(24-14-19(30)13-22(32)33)23-25-26-27-29(23)10-5-8-21(31)28-11-9-17-6-3-4-7-18(17)15-28/h3-4,6-7,16,19-20,24,30H,5,8-15H2,1-2H3,(H,32,33). The lowest BCUT2D eigenvalue weighted by atomic mass is 9.99. The van der Waals surface area contributed by atoms with Gasteiger partial charge in [-0.2, -0.15) is 0 Å². The average molecular weight is 459 g/mol. The van der Waals surface area contributed by atoms with Crippen LogP contribution in [0.1, 0.15) is 62.5 Å². The second kappa shape index (κ2) is 11.9. The van der Waals surface area contributed by atoms with E-state index in [1.54, 1.807) is 4.68 Å². The molecule has 0 bridgehead atoms. The molecule has 3 N–H and O–H groups in total. The number of aryl methyl sites for hydroxylation is 1. The molecular weight excluding hydrogens is 424 g/mol. The molecule has 0 spiro atoms. The Morgan fingerprint density at radius 3 is 2.70 bits per heavy atom. The minimum atomic E-state index is -1.04. The summed E-state index contributed by atoms with van der Waals surface area (Å²) < 4.78 is 1.70. The molecular formula is C23H34N6O4. The van der Waals surface area contributed by atoms with E-state index in [1.807, 2.05) is 17.0 Å². The van der Waals surface area contributed by atoms with Gasteiger partial charge in [-0.1, -0.05) is 38.1 Å². The van der Waals surface area contributed by atoms with Crippen LogP contribution in [-0.2, 0) is 29.1 Å². The molecule has 180 valence electrons. The van der Waals surface area contributed by atoms with Crippen LogP contribution in [0.2, 0.25) is 0 Å². The first kappa shape index (κ1) is 24.8. The van der Waals surface area contributed by atoms with Crippen LogP contribution in [0.3, 0.4) is 0 Å². The van der Waals surface area contributed by atoms with Crippen molar-refractivity contribution in [2.75, 3.05) is 13.1 Å². The van der Waals surface area contributed by atoms with E-state index in [9.17, 15) is 14.7 Å². The predicted molar refractivity (Wildman–Crippen MR) is 121 cm³/mol. The lowest BCUT2D eigenvalue weighted by Crippen LogP contribution is -2.36. The summed E-state index contributed by atoms with van der Waals surface area (Å²) in [5, 5.41) is 34.0. The number of nitrogens with zero attached hydrogens (tertiary/aromatic N) is 5. The molecule has 0 radical (unpaired) electrons. The van der Waals surface area contributed by atoms with E-state index in [0.717, 1.165) is 19.4 Å². The number of carboxylic acids is 1. The van der Waals surface area contributed by atoms with Crippen LogP contribution < -0.4 is 5.32 Å². The Bertz CT molecular complexity index is 931. The summed E-state index contributed by atoms with van der Waals surface area (Å²) in [7, 11) is 0. The normalized spacial score (nSPS) is 15.3. The Labute approximate surface area is 194 Å². The van der Waals surface area contributed by atoms with Crippen LogP contribution in [0.25, 0.3) is 0 Å². The molecule has 2 atom stereocenters. The van der Waals surface area contributed by atoms with Gasteiger partial charge in [-0.15, -0.1) is 5.10 Å². The number of carbonyl (C=O) groups is 2. The van der Waals surface area contributed by atoms with Gasteiger partial charge in [0.1, 0.15) is 0 Å². The zero-order valence-corrected chi connectivity index (χ0v) is 19.4. The molecule has 2 heterocycles. The summed E-state index contributed by atoms with van der Waals surface area (Å²) >= 11 is 0. The Morgan fingerprint density at radius 1 is 1.21 bits per heavy atom. The van der Waals surface area contributed by atoms with Crippen molar-refractivity contribution in [2.45, 2.75) is 71.2 Å². The summed E-state index contributed by atoms with van der Waals surface area (Å²) in [5.74, 6) is 0.0579. The highest BCUT2D eigenvalue weighted by Gasteiger charge is 2.23. The van der Waals surface area contributed by atoms with Crippen molar-refractivity contribution in [1.82, 2.24) is 30.4 Å². The highest BCUT2D eigenvalue weighted by Crippen LogP contribution is 2.21. The molecule has 33 heavy (non-hydrogen) atoms. The van der Waals surface area contributed by atoms with E-state index in [0.29, 0.717) is 37.7 Å². The Kier molecular flexibility index (Phi) is 8.90. The van der Waals surface area contributed by atoms with Crippen LogP contribution in [-0.4, -0.2) is 66.4 Å². The predicted octanol–water partition coefficient (Wildman–Crippen LogP) is 1.55. The summed E-state index contributed by atoms with van der Waals surface area (Å²) in [6, 6.07) is 8.02. The maximum atomic E-state index is 12.7. The van der Waals surface area contributed by atoms with Crippen LogP contribution in [0.5, 0.6) is 0 Å². The van der Waals surface area contributed by atoms with E-state index in [1.165, 1.54) is 11.1 Å². The largest absolute Gasteiger partial charge is 0.481 e. The van der Waals surface area contributed by atoms with Crippen LogP contribution in [0.4, 0.5) is 0 Å². The lowest BCUT2D eigenvalue weighted by molar-refractivity contribution is -0.139. The Morgan fingerprint density at radius 2 is 1.97 bits per heavy atom. The van der Waals surface area contributed by atoms with Crippen molar-refractivity contribution in [3.05, 3.63) is 41.2 Å². The molecule has 10 nitrogen and oxygen atoms in total. The van der Waals surface area contributed by atoms with Gasteiger partial charge in [0.05, 0.1) is 18.6 Å². The van der Waals surface area contributed by atoms with Crippen molar-refractivity contribution in [3.63, 3.8) is 0 Å². The molecule has 1 aromatic heterocycles. The molecule has 1 amide bonds. The first-order valence-corrected chi connectivity index (χ1v) is 11.6. The van der Waals surface area contributed by atoms with Crippen LogP contribution in [0, 0.1) is 5.92 Å². The monoisotopic (exact) mass is 458 g/mol. The SMILES string of the molecule is CC(C)CC(NCC(O)CC(=O)O)c1nnnn1CCCC(=O)N1CCc2ccccc2C1. The quantitative estimate of drug-likeness (QED) is 0.436. The van der Waals surface area contributed by atoms with Gasteiger partial charge in [0.2, 0.25) is 5.91 Å². The fourth-order valence-corrected chi connectivity index (χ4v) is 4.17. The molecule has 0 saturated carbocycles. The van der Waals surface area contributed by atoms with Gasteiger partial charge in [0.15, 0.2) is 5.82 Å². The molecule has 0 saturated heterocycles. The summed E-state index contributed by atoms with van der Waals surface area (Å²) in [6.07, 6.45) is 1.33. The van der Waals surface area contributed by atoms with Gasteiger partial charge in [0, 0.05) is 32.6 Å². The molecule has 0 aliphatic carbocycles. The van der Waals surface area contributed by atoms with E-state index in [2.05, 4.69) is 46.8 Å². The maximum Gasteiger partial charge on any atom is 0.306 e. The first-order valence-electron chi connectivity index (χ1n) is 11.6. The third-order valence-corrected chi connectivity index (χ3v) is 5.83. The average Bonchev–Trinajstić information content (AvgIpc) is 3.24. The number of amides is 1. The van der Waals surface area contributed by atoms with E-state index < -0.39 is 12.1 Å². The van der Waals surface area contributed by atoms with Crippen molar-refractivity contribution >= 4 is 11.9 Å². The molecule has 1 aliphatic heterocycles. The van der Waals surface area contributed by atoms with Gasteiger partial charge >= 0.3 is 5.97 Å². The highest BCUT2D eigenvalue weighted by atomic mass is 16.4. The van der Waals surface area contributed by atoms with E-state index in [4.69, 9.17) is 5.11 Å². The van der Waals surface area contributed by atoms with Gasteiger partial charge in [-0.25, -0.2) is 4.68 Å². The molecule has 0 fully saturated rings. The zero-order valence-electron chi connectivity index (χ0n) is 19.4. The lowest BCUT2D eigenvalue weighted by Gasteiger charge is -2.29. The molecule has 1 aliphatic rings. The van der Waals surface area contributed by atoms with Crippen molar-refractivity contribution in [2.24, 2.45) is 5.92 Å². The fraction of sp³-hybridized carbons (Fsp3) is 0.609. The third kappa shape index (κ3) is 7.33. The van der Waals surface area contributed by atoms with Crippen molar-refractivity contribution in [1.29, 1.82) is 0 Å². The topological polar surface area (TPSA) is 133 Å². The zero-order chi connectivity index (χ0) is 23.8. The van der Waals surface area contributed by atoms with Crippen LogP contribution >= 0.6 is 0 Å². The number of aliphatic carboxylic acids is 1. The molecule has 2 aromatic rings.